The van der Waals surface area contributed by atoms with Crippen molar-refractivity contribution < 1.29 is 24.1 Å². The third kappa shape index (κ3) is 7.21. The Kier molecular flexibility index (Phi) is 9.94. The fraction of sp³-hybridized carbons (Fsp3) is 0.250. The molecule has 3 aromatic carbocycles. The van der Waals surface area contributed by atoms with Crippen LogP contribution in [-0.2, 0) is 33.9 Å². The van der Waals surface area contributed by atoms with E-state index in [1.165, 1.54) is 6.08 Å². The number of alkyl carbamates (subject to hydrolysis) is 1. The average molecular weight is 609 g/mol. The first kappa shape index (κ1) is 29.8. The van der Waals surface area contributed by atoms with E-state index in [0.29, 0.717) is 24.7 Å². The van der Waals surface area contributed by atoms with Crippen molar-refractivity contribution in [3.05, 3.63) is 124 Å². The normalized spacial score (nSPS) is 18.4. The van der Waals surface area contributed by atoms with Crippen LogP contribution in [0.25, 0.3) is 11.1 Å². The van der Waals surface area contributed by atoms with Gasteiger partial charge in [0.05, 0.1) is 31.7 Å². The van der Waals surface area contributed by atoms with E-state index in [2.05, 4.69) is 16.9 Å². The van der Waals surface area contributed by atoms with Gasteiger partial charge < -0.3 is 29.2 Å². The van der Waals surface area contributed by atoms with Gasteiger partial charge in [0, 0.05) is 18.5 Å². The maximum Gasteiger partial charge on any atom is 0.407 e. The maximum absolute atomic E-state index is 11.9. The molecule has 0 saturated carbocycles. The Bertz CT molecular complexity index is 1510. The van der Waals surface area contributed by atoms with Gasteiger partial charge in [-0.25, -0.2) is 9.78 Å². The van der Waals surface area contributed by atoms with E-state index >= 15 is 0 Å². The largest absolute Gasteiger partial charge is 0.445 e. The van der Waals surface area contributed by atoms with Crippen LogP contribution in [0.15, 0.2) is 91.8 Å². The average Bonchev–Trinajstić information content (AvgIpc) is 3.35. The number of aliphatic hydroxyl groups is 1. The molecule has 0 spiro atoms. The van der Waals surface area contributed by atoms with Gasteiger partial charge in [-0.3, -0.25) is 0 Å². The van der Waals surface area contributed by atoms with Gasteiger partial charge >= 0.3 is 6.09 Å². The molecule has 1 aliphatic heterocycles. The van der Waals surface area contributed by atoms with Crippen molar-refractivity contribution in [2.75, 3.05) is 6.61 Å². The molecule has 8 nitrogen and oxygen atoms in total. The monoisotopic (exact) mass is 607 g/mol. The lowest BCUT2D eigenvalue weighted by Gasteiger charge is -2.36. The first-order chi connectivity index (χ1) is 20.4. The van der Waals surface area contributed by atoms with Gasteiger partial charge in [0.15, 0.2) is 11.4 Å². The zero-order chi connectivity index (χ0) is 29.5. The van der Waals surface area contributed by atoms with Crippen molar-refractivity contribution >= 4 is 29.3 Å². The summed E-state index contributed by atoms with van der Waals surface area (Å²) in [6.45, 7) is 4.46. The molecule has 1 saturated heterocycles. The maximum atomic E-state index is 11.9. The fourth-order valence-corrected chi connectivity index (χ4v) is 5.17. The van der Waals surface area contributed by atoms with Crippen LogP contribution in [0.5, 0.6) is 0 Å². The van der Waals surface area contributed by atoms with Crippen molar-refractivity contribution in [3.8, 4) is 11.1 Å². The molecule has 1 amide bonds. The number of amides is 1. The molecule has 4 aromatic rings. The van der Waals surface area contributed by atoms with Gasteiger partial charge in [0.25, 0.3) is 0 Å². The number of hydrogen-bond acceptors (Lipinski definition) is 6. The molecule has 1 aliphatic rings. The number of aliphatic hydroxyl groups excluding tert-OH is 1. The number of imidazole rings is 1. The van der Waals surface area contributed by atoms with Gasteiger partial charge in [-0.15, -0.1) is 0 Å². The highest BCUT2D eigenvalue weighted by Crippen LogP contribution is 2.39. The number of ether oxygens (including phenoxy) is 3. The minimum atomic E-state index is -0.630. The second-order valence-corrected chi connectivity index (χ2v) is 10.6. The summed E-state index contributed by atoms with van der Waals surface area (Å²) in [6.07, 6.45) is 2.11. The second kappa shape index (κ2) is 14.0. The number of rotatable bonds is 10. The van der Waals surface area contributed by atoms with E-state index in [0.717, 1.165) is 33.4 Å². The minimum Gasteiger partial charge on any atom is -0.445 e. The van der Waals surface area contributed by atoms with Gasteiger partial charge in [-0.05, 0) is 27.8 Å². The summed E-state index contributed by atoms with van der Waals surface area (Å²) in [5.74, 6) is 0. The predicted octanol–water partition coefficient (Wildman–Crippen LogP) is 7.01. The summed E-state index contributed by atoms with van der Waals surface area (Å²) < 4.78 is 19.7. The first-order valence-electron chi connectivity index (χ1n) is 13.5. The zero-order valence-corrected chi connectivity index (χ0v) is 24.3. The zero-order valence-electron chi connectivity index (χ0n) is 22.8. The third-order valence-corrected chi connectivity index (χ3v) is 7.78. The standard InChI is InChI=1S/C32H31Cl2N3O5/c1-2-15-40-32(39)35-17-25-5-3-4-6-27(25)22-11-13-24(14-12-22)31-41-26(18-37-20-36-29(33)30(37)34)16-28(42-31)23-9-7-21(19-38)8-10-23/h2-14,20,26,28,31,38H,1,15-19H2,(H,35,39). The lowest BCUT2D eigenvalue weighted by molar-refractivity contribution is -0.252. The number of benzene rings is 3. The SMILES string of the molecule is C=CCOC(=O)NCc1ccccc1-c1ccc(C2OC(Cn3cnc(Cl)c3Cl)CC(c3ccc(CO)cc3)O2)cc1. The lowest BCUT2D eigenvalue weighted by Crippen LogP contribution is -2.32. The van der Waals surface area contributed by atoms with E-state index in [-0.39, 0.29) is 30.6 Å². The smallest absolute Gasteiger partial charge is 0.407 e. The van der Waals surface area contributed by atoms with Crippen LogP contribution in [0.2, 0.25) is 10.3 Å². The van der Waals surface area contributed by atoms with E-state index in [1.54, 1.807) is 10.9 Å². The quantitative estimate of drug-likeness (QED) is 0.188. The molecule has 3 atom stereocenters. The molecule has 42 heavy (non-hydrogen) atoms. The van der Waals surface area contributed by atoms with Crippen molar-refractivity contribution in [2.45, 2.75) is 44.6 Å². The molecular weight excluding hydrogens is 577 g/mol. The van der Waals surface area contributed by atoms with Crippen molar-refractivity contribution in [1.82, 2.24) is 14.9 Å². The van der Waals surface area contributed by atoms with E-state index in [1.807, 2.05) is 72.8 Å². The van der Waals surface area contributed by atoms with Gasteiger partial charge in [0.2, 0.25) is 0 Å². The molecule has 10 heteroatoms. The highest BCUT2D eigenvalue weighted by Gasteiger charge is 2.33. The second-order valence-electron chi connectivity index (χ2n) is 9.85. The summed E-state index contributed by atoms with van der Waals surface area (Å²) in [4.78, 5) is 16.0. The predicted molar refractivity (Wildman–Crippen MR) is 161 cm³/mol. The number of nitrogens with one attached hydrogen (secondary N) is 1. The Hall–Kier alpha value is -3.66. The molecule has 2 heterocycles. The molecule has 1 aromatic heterocycles. The Labute approximate surface area is 254 Å². The Morgan fingerprint density at radius 3 is 2.50 bits per heavy atom. The Morgan fingerprint density at radius 2 is 1.81 bits per heavy atom. The minimum absolute atomic E-state index is 0.0228. The van der Waals surface area contributed by atoms with Crippen LogP contribution in [-0.4, -0.2) is 33.5 Å². The molecule has 3 unspecified atom stereocenters. The molecule has 218 valence electrons. The van der Waals surface area contributed by atoms with Crippen LogP contribution < -0.4 is 5.32 Å². The summed E-state index contributed by atoms with van der Waals surface area (Å²) in [5, 5.41) is 12.8. The molecule has 1 fully saturated rings. The van der Waals surface area contributed by atoms with E-state index < -0.39 is 12.4 Å². The third-order valence-electron chi connectivity index (χ3n) is 7.01. The molecule has 2 N–H and O–H groups in total. The first-order valence-corrected chi connectivity index (χ1v) is 14.3. The summed E-state index contributed by atoms with van der Waals surface area (Å²) in [6, 6.07) is 23.6. The van der Waals surface area contributed by atoms with Crippen LogP contribution in [0, 0.1) is 0 Å². The van der Waals surface area contributed by atoms with Gasteiger partial charge in [-0.2, -0.15) is 0 Å². The molecule has 0 aliphatic carbocycles. The highest BCUT2D eigenvalue weighted by atomic mass is 35.5. The molecule has 0 radical (unpaired) electrons. The van der Waals surface area contributed by atoms with E-state index in [4.69, 9.17) is 37.4 Å². The van der Waals surface area contributed by atoms with Gasteiger partial charge in [-0.1, -0.05) is 109 Å². The summed E-state index contributed by atoms with van der Waals surface area (Å²) in [5.41, 5.74) is 5.61. The van der Waals surface area contributed by atoms with Crippen LogP contribution in [0.4, 0.5) is 4.79 Å². The number of hydrogen-bond donors (Lipinski definition) is 2. The number of aromatic nitrogens is 2. The number of nitrogens with zero attached hydrogens (tertiary/aromatic N) is 2. The summed E-state index contributed by atoms with van der Waals surface area (Å²) >= 11 is 12.4. The molecule has 5 rings (SSSR count). The van der Waals surface area contributed by atoms with Crippen LogP contribution in [0.3, 0.4) is 0 Å². The van der Waals surface area contributed by atoms with E-state index in [9.17, 15) is 9.90 Å². The van der Waals surface area contributed by atoms with Crippen molar-refractivity contribution in [3.63, 3.8) is 0 Å². The fourth-order valence-electron chi connectivity index (χ4n) is 4.85. The number of carbonyl (C=O) groups is 1. The Balaban J connectivity index is 1.36. The number of carbonyl (C=O) groups excluding carboxylic acids is 1. The number of halogens is 2. The van der Waals surface area contributed by atoms with Crippen LogP contribution in [0.1, 0.15) is 41.1 Å². The van der Waals surface area contributed by atoms with Crippen LogP contribution >= 0.6 is 23.2 Å². The van der Waals surface area contributed by atoms with Gasteiger partial charge in [0.1, 0.15) is 11.8 Å². The highest BCUT2D eigenvalue weighted by molar-refractivity contribution is 6.40. The summed E-state index contributed by atoms with van der Waals surface area (Å²) in [7, 11) is 0. The molecule has 0 bridgehead atoms. The van der Waals surface area contributed by atoms with Crippen molar-refractivity contribution in [2.24, 2.45) is 0 Å². The lowest BCUT2D eigenvalue weighted by atomic mass is 9.97. The molecular formula is C32H31Cl2N3O5. The topological polar surface area (TPSA) is 94.8 Å². The van der Waals surface area contributed by atoms with Crippen molar-refractivity contribution in [1.29, 1.82) is 0 Å². The Morgan fingerprint density at radius 1 is 1.07 bits per heavy atom.